The molecule has 3 heterocycles. The lowest BCUT2D eigenvalue weighted by molar-refractivity contribution is -0.0989. The van der Waals surface area contributed by atoms with Crippen LogP contribution in [0.15, 0.2) is 47.1 Å². The van der Waals surface area contributed by atoms with Gasteiger partial charge in [0.1, 0.15) is 5.76 Å². The summed E-state index contributed by atoms with van der Waals surface area (Å²) in [5.41, 5.74) is 2.42. The molecular weight excluding hydrogens is 328 g/mol. The summed E-state index contributed by atoms with van der Waals surface area (Å²) < 4.78 is 16.8. The van der Waals surface area contributed by atoms with Crippen molar-refractivity contribution in [2.75, 3.05) is 51.4 Å². The van der Waals surface area contributed by atoms with Crippen molar-refractivity contribution >= 4 is 5.69 Å². The summed E-state index contributed by atoms with van der Waals surface area (Å²) in [6.45, 7) is 5.30. The highest BCUT2D eigenvalue weighted by atomic mass is 16.6. The van der Waals surface area contributed by atoms with Crippen molar-refractivity contribution in [1.82, 2.24) is 4.90 Å². The number of likely N-dealkylation sites (N-methyl/N-ethyl adjacent to an activating group) is 1. The van der Waals surface area contributed by atoms with Crippen molar-refractivity contribution in [3.05, 3.63) is 42.7 Å². The molecule has 1 aromatic carbocycles. The first-order chi connectivity index (χ1) is 12.8. The first kappa shape index (κ1) is 17.6. The minimum Gasteiger partial charge on any atom is -0.464 e. The van der Waals surface area contributed by atoms with Gasteiger partial charge in [-0.1, -0.05) is 12.1 Å². The Morgan fingerprint density at radius 1 is 1.12 bits per heavy atom. The van der Waals surface area contributed by atoms with Crippen LogP contribution in [0.2, 0.25) is 0 Å². The predicted molar refractivity (Wildman–Crippen MR) is 103 cm³/mol. The number of ether oxygens (including phenoxy) is 2. The zero-order valence-corrected chi connectivity index (χ0v) is 15.5. The van der Waals surface area contributed by atoms with Gasteiger partial charge in [0.2, 0.25) is 0 Å². The molecule has 0 aliphatic carbocycles. The molecule has 0 radical (unpaired) electrons. The molecule has 2 saturated heterocycles. The van der Waals surface area contributed by atoms with Crippen LogP contribution in [0.1, 0.15) is 12.8 Å². The zero-order valence-electron chi connectivity index (χ0n) is 15.5. The van der Waals surface area contributed by atoms with E-state index in [9.17, 15) is 0 Å². The second kappa shape index (κ2) is 8.25. The van der Waals surface area contributed by atoms with Gasteiger partial charge in [0, 0.05) is 36.9 Å². The van der Waals surface area contributed by atoms with Gasteiger partial charge in [-0.15, -0.1) is 0 Å². The molecule has 140 valence electrons. The molecule has 0 saturated carbocycles. The Bertz CT molecular complexity index is 674. The van der Waals surface area contributed by atoms with E-state index in [-0.39, 0.29) is 6.10 Å². The van der Waals surface area contributed by atoms with Crippen molar-refractivity contribution in [3.8, 4) is 11.3 Å². The Morgan fingerprint density at radius 3 is 2.73 bits per heavy atom. The first-order valence-electron chi connectivity index (χ1n) is 9.58. The van der Waals surface area contributed by atoms with E-state index in [0.717, 1.165) is 50.8 Å². The molecular formula is C21H28N2O3. The summed E-state index contributed by atoms with van der Waals surface area (Å²) in [5.74, 6) is 0.927. The van der Waals surface area contributed by atoms with E-state index in [1.165, 1.54) is 18.5 Å². The predicted octanol–water partition coefficient (Wildman–Crippen LogP) is 3.26. The number of nitrogens with zero attached hydrogens (tertiary/aromatic N) is 2. The van der Waals surface area contributed by atoms with E-state index in [2.05, 4.69) is 41.1 Å². The fourth-order valence-corrected chi connectivity index (χ4v) is 3.98. The molecule has 2 aliphatic heterocycles. The minimum atomic E-state index is 0.219. The lowest BCUT2D eigenvalue weighted by Crippen LogP contribution is -2.47. The molecule has 26 heavy (non-hydrogen) atoms. The van der Waals surface area contributed by atoms with Gasteiger partial charge in [0.05, 0.1) is 32.2 Å². The topological polar surface area (TPSA) is 38.1 Å². The van der Waals surface area contributed by atoms with Crippen molar-refractivity contribution in [3.63, 3.8) is 0 Å². The molecule has 5 nitrogen and oxygen atoms in total. The highest BCUT2D eigenvalue weighted by Crippen LogP contribution is 2.27. The van der Waals surface area contributed by atoms with Gasteiger partial charge in [0.15, 0.2) is 0 Å². The normalized spacial score (nSPS) is 22.1. The maximum absolute atomic E-state index is 5.79. The van der Waals surface area contributed by atoms with Crippen LogP contribution in [0.4, 0.5) is 5.69 Å². The fourth-order valence-electron chi connectivity index (χ4n) is 3.98. The quantitative estimate of drug-likeness (QED) is 0.822. The average molecular weight is 356 g/mol. The number of furan rings is 1. The van der Waals surface area contributed by atoms with Gasteiger partial charge in [-0.3, -0.25) is 0 Å². The Hall–Kier alpha value is -1.82. The lowest BCUT2D eigenvalue weighted by atomic mass is 10.0. The Balaban J connectivity index is 1.32. The minimum absolute atomic E-state index is 0.219. The Morgan fingerprint density at radius 2 is 2.00 bits per heavy atom. The summed E-state index contributed by atoms with van der Waals surface area (Å²) in [5, 5.41) is 0. The van der Waals surface area contributed by atoms with Crippen molar-refractivity contribution in [2.24, 2.45) is 0 Å². The van der Waals surface area contributed by atoms with Crippen molar-refractivity contribution in [2.45, 2.75) is 25.0 Å². The zero-order chi connectivity index (χ0) is 17.8. The van der Waals surface area contributed by atoms with Gasteiger partial charge >= 0.3 is 0 Å². The molecule has 0 bridgehead atoms. The molecule has 4 rings (SSSR count). The van der Waals surface area contributed by atoms with Crippen LogP contribution < -0.4 is 4.90 Å². The largest absolute Gasteiger partial charge is 0.464 e. The molecule has 1 atom stereocenters. The monoisotopic (exact) mass is 356 g/mol. The number of hydrogen-bond donors (Lipinski definition) is 0. The molecule has 5 heteroatoms. The van der Waals surface area contributed by atoms with Crippen LogP contribution in [0.25, 0.3) is 11.3 Å². The molecule has 0 spiro atoms. The summed E-state index contributed by atoms with van der Waals surface area (Å²) in [6, 6.07) is 13.2. The summed E-state index contributed by atoms with van der Waals surface area (Å²) in [6.07, 6.45) is 4.30. The van der Waals surface area contributed by atoms with Gasteiger partial charge in [0.25, 0.3) is 0 Å². The molecule has 0 N–H and O–H groups in total. The average Bonchev–Trinajstić information content (AvgIpc) is 3.24. The third-order valence-electron chi connectivity index (χ3n) is 5.48. The highest BCUT2D eigenvalue weighted by molar-refractivity contribution is 5.64. The molecule has 2 aromatic rings. The van der Waals surface area contributed by atoms with Crippen LogP contribution in [-0.2, 0) is 9.47 Å². The molecule has 2 aliphatic rings. The number of hydrogen-bond acceptors (Lipinski definition) is 5. The Labute approximate surface area is 155 Å². The maximum atomic E-state index is 5.79. The summed E-state index contributed by atoms with van der Waals surface area (Å²) >= 11 is 0. The van der Waals surface area contributed by atoms with Crippen molar-refractivity contribution in [1.29, 1.82) is 0 Å². The molecule has 1 aromatic heterocycles. The van der Waals surface area contributed by atoms with Crippen LogP contribution in [0.5, 0.6) is 0 Å². The van der Waals surface area contributed by atoms with Gasteiger partial charge in [-0.05, 0) is 44.2 Å². The number of piperidine rings is 1. The standard InChI is InChI=1S/C21H28N2O3/c1-22(15-20-16-24-12-13-25-20)18-7-9-23(10-8-18)19-5-2-4-17(14-19)21-6-3-11-26-21/h2-6,11,14,18,20H,7-10,12-13,15-16H2,1H3. The van der Waals surface area contributed by atoms with Gasteiger partial charge in [-0.25, -0.2) is 0 Å². The third kappa shape index (κ3) is 4.11. The van der Waals surface area contributed by atoms with Gasteiger partial charge in [-0.2, -0.15) is 0 Å². The highest BCUT2D eigenvalue weighted by Gasteiger charge is 2.25. The van der Waals surface area contributed by atoms with Crippen LogP contribution >= 0.6 is 0 Å². The molecule has 1 unspecified atom stereocenters. The number of rotatable bonds is 5. The van der Waals surface area contributed by atoms with E-state index in [0.29, 0.717) is 6.04 Å². The second-order valence-corrected chi connectivity index (χ2v) is 7.25. The van der Waals surface area contributed by atoms with E-state index in [4.69, 9.17) is 13.9 Å². The smallest absolute Gasteiger partial charge is 0.133 e. The van der Waals surface area contributed by atoms with E-state index in [1.54, 1.807) is 6.26 Å². The third-order valence-corrected chi connectivity index (χ3v) is 5.48. The van der Waals surface area contributed by atoms with E-state index < -0.39 is 0 Å². The summed E-state index contributed by atoms with van der Waals surface area (Å²) in [7, 11) is 2.22. The van der Waals surface area contributed by atoms with E-state index in [1.807, 2.05) is 12.1 Å². The fraction of sp³-hybridized carbons (Fsp3) is 0.524. The van der Waals surface area contributed by atoms with Crippen molar-refractivity contribution < 1.29 is 13.9 Å². The number of anilines is 1. The second-order valence-electron chi connectivity index (χ2n) is 7.25. The van der Waals surface area contributed by atoms with E-state index >= 15 is 0 Å². The number of benzene rings is 1. The Kier molecular flexibility index (Phi) is 5.58. The van der Waals surface area contributed by atoms with Crippen LogP contribution in [0, 0.1) is 0 Å². The molecule has 0 amide bonds. The molecule has 2 fully saturated rings. The maximum Gasteiger partial charge on any atom is 0.133 e. The lowest BCUT2D eigenvalue weighted by Gasteiger charge is -2.39. The van der Waals surface area contributed by atoms with Crippen LogP contribution in [-0.4, -0.2) is 63.5 Å². The van der Waals surface area contributed by atoms with Gasteiger partial charge < -0.3 is 23.7 Å². The SMILES string of the molecule is CN(CC1COCCO1)C1CCN(c2cccc(-c3ccco3)c2)CC1. The summed E-state index contributed by atoms with van der Waals surface area (Å²) in [4.78, 5) is 4.94. The van der Waals surface area contributed by atoms with Crippen LogP contribution in [0.3, 0.4) is 0 Å². The first-order valence-corrected chi connectivity index (χ1v) is 9.58.